The SMILES string of the molecule is CC12CCC(=O)C=C1CCCC2=CCBr. The maximum Gasteiger partial charge on any atom is 0.155 e. The van der Waals surface area contributed by atoms with Crippen molar-refractivity contribution in [3.63, 3.8) is 0 Å². The summed E-state index contributed by atoms with van der Waals surface area (Å²) in [6, 6.07) is 0. The van der Waals surface area contributed by atoms with E-state index in [1.165, 1.54) is 24.0 Å². The van der Waals surface area contributed by atoms with Crippen molar-refractivity contribution in [3.05, 3.63) is 23.3 Å². The van der Waals surface area contributed by atoms with Crippen molar-refractivity contribution in [1.82, 2.24) is 0 Å². The van der Waals surface area contributed by atoms with Crippen LogP contribution in [0.5, 0.6) is 0 Å². The molecule has 0 aromatic rings. The highest BCUT2D eigenvalue weighted by molar-refractivity contribution is 9.09. The number of ketones is 1. The minimum atomic E-state index is 0.194. The quantitative estimate of drug-likeness (QED) is 0.523. The molecule has 0 amide bonds. The molecule has 1 saturated carbocycles. The normalized spacial score (nSPS) is 33.9. The number of fused-ring (bicyclic) bond motifs is 1. The summed E-state index contributed by atoms with van der Waals surface area (Å²) in [7, 11) is 0. The molecule has 0 aromatic heterocycles. The summed E-state index contributed by atoms with van der Waals surface area (Å²) in [4.78, 5) is 11.4. The zero-order valence-electron chi connectivity index (χ0n) is 9.18. The molecule has 0 bridgehead atoms. The molecule has 2 rings (SSSR count). The van der Waals surface area contributed by atoms with Gasteiger partial charge in [-0.15, -0.1) is 0 Å². The predicted molar refractivity (Wildman–Crippen MR) is 66.2 cm³/mol. The maximum atomic E-state index is 11.4. The first-order valence-corrected chi connectivity index (χ1v) is 6.78. The fourth-order valence-corrected chi connectivity index (χ4v) is 3.23. The van der Waals surface area contributed by atoms with E-state index in [-0.39, 0.29) is 5.41 Å². The largest absolute Gasteiger partial charge is 0.295 e. The van der Waals surface area contributed by atoms with Gasteiger partial charge in [-0.2, -0.15) is 0 Å². The Kier molecular flexibility index (Phi) is 3.15. The third-order valence-electron chi connectivity index (χ3n) is 3.84. The Morgan fingerprint density at radius 1 is 1.47 bits per heavy atom. The molecule has 82 valence electrons. The van der Waals surface area contributed by atoms with Crippen LogP contribution >= 0.6 is 15.9 Å². The van der Waals surface area contributed by atoms with Gasteiger partial charge in [0.05, 0.1) is 0 Å². The van der Waals surface area contributed by atoms with Crippen LogP contribution in [0.4, 0.5) is 0 Å². The summed E-state index contributed by atoms with van der Waals surface area (Å²) in [5.41, 5.74) is 3.10. The second-order valence-electron chi connectivity index (χ2n) is 4.71. The highest BCUT2D eigenvalue weighted by Gasteiger charge is 2.38. The molecular weight excluding hydrogens is 252 g/mol. The second kappa shape index (κ2) is 4.25. The van der Waals surface area contributed by atoms with Gasteiger partial charge in [-0.1, -0.05) is 40.1 Å². The fourth-order valence-electron chi connectivity index (χ4n) is 2.84. The average molecular weight is 269 g/mol. The molecule has 2 aliphatic carbocycles. The van der Waals surface area contributed by atoms with Gasteiger partial charge in [0.1, 0.15) is 0 Å². The standard InChI is InChI=1S/C13H17BrO/c1-13-7-5-12(15)9-11(13)4-2-3-10(13)6-8-14/h6,9H,2-5,7-8H2,1H3. The van der Waals surface area contributed by atoms with Gasteiger partial charge in [0, 0.05) is 17.2 Å². The Balaban J connectivity index is 2.37. The summed E-state index contributed by atoms with van der Waals surface area (Å²) >= 11 is 3.47. The maximum absolute atomic E-state index is 11.4. The molecule has 1 nitrogen and oxygen atoms in total. The van der Waals surface area contributed by atoms with Gasteiger partial charge in [0.2, 0.25) is 0 Å². The van der Waals surface area contributed by atoms with E-state index in [4.69, 9.17) is 0 Å². The number of hydrogen-bond acceptors (Lipinski definition) is 1. The summed E-state index contributed by atoms with van der Waals surface area (Å²) < 4.78 is 0. The lowest BCUT2D eigenvalue weighted by Crippen LogP contribution is -2.30. The number of allylic oxidation sites excluding steroid dienone is 4. The zero-order valence-corrected chi connectivity index (χ0v) is 10.8. The first kappa shape index (κ1) is 11.1. The van der Waals surface area contributed by atoms with Crippen LogP contribution in [0, 0.1) is 5.41 Å². The number of hydrogen-bond donors (Lipinski definition) is 0. The second-order valence-corrected chi connectivity index (χ2v) is 5.35. The highest BCUT2D eigenvalue weighted by Crippen LogP contribution is 2.49. The van der Waals surface area contributed by atoms with Crippen LogP contribution in [-0.4, -0.2) is 11.1 Å². The molecule has 0 saturated heterocycles. The summed E-state index contributed by atoms with van der Waals surface area (Å²) in [5.74, 6) is 0.322. The van der Waals surface area contributed by atoms with Crippen LogP contribution in [0.15, 0.2) is 23.3 Å². The van der Waals surface area contributed by atoms with Gasteiger partial charge in [-0.05, 0) is 31.8 Å². The molecule has 0 N–H and O–H groups in total. The van der Waals surface area contributed by atoms with Crippen LogP contribution < -0.4 is 0 Å². The Bertz CT molecular complexity index is 340. The van der Waals surface area contributed by atoms with Gasteiger partial charge in [-0.25, -0.2) is 0 Å². The van der Waals surface area contributed by atoms with Gasteiger partial charge >= 0.3 is 0 Å². The third-order valence-corrected chi connectivity index (χ3v) is 4.16. The molecule has 2 heteroatoms. The van der Waals surface area contributed by atoms with Crippen LogP contribution in [-0.2, 0) is 4.79 Å². The van der Waals surface area contributed by atoms with Crippen molar-refractivity contribution in [3.8, 4) is 0 Å². The predicted octanol–water partition coefficient (Wildman–Crippen LogP) is 3.79. The number of rotatable bonds is 1. The molecule has 0 radical (unpaired) electrons. The van der Waals surface area contributed by atoms with E-state index < -0.39 is 0 Å². The Hall–Kier alpha value is -0.370. The van der Waals surface area contributed by atoms with Crippen LogP contribution in [0.3, 0.4) is 0 Å². The number of carbonyl (C=O) groups excluding carboxylic acids is 1. The summed E-state index contributed by atoms with van der Waals surface area (Å²) in [6.45, 7) is 2.30. The topological polar surface area (TPSA) is 17.1 Å². The fraction of sp³-hybridized carbons (Fsp3) is 0.615. The molecule has 2 aliphatic rings. The molecule has 0 heterocycles. The Labute approximate surface area is 99.8 Å². The van der Waals surface area contributed by atoms with E-state index in [1.54, 1.807) is 0 Å². The van der Waals surface area contributed by atoms with Crippen molar-refractivity contribution in [2.75, 3.05) is 5.33 Å². The van der Waals surface area contributed by atoms with Crippen LogP contribution in [0.2, 0.25) is 0 Å². The summed E-state index contributed by atoms with van der Waals surface area (Å²) in [6.07, 6.45) is 9.45. The van der Waals surface area contributed by atoms with Crippen LogP contribution in [0.25, 0.3) is 0 Å². The third kappa shape index (κ3) is 1.96. The number of carbonyl (C=O) groups is 1. The monoisotopic (exact) mass is 268 g/mol. The van der Waals surface area contributed by atoms with Crippen molar-refractivity contribution in [2.24, 2.45) is 5.41 Å². The average Bonchev–Trinajstić information content (AvgIpc) is 2.21. The van der Waals surface area contributed by atoms with Crippen molar-refractivity contribution in [2.45, 2.75) is 39.0 Å². The molecule has 1 unspecified atom stereocenters. The van der Waals surface area contributed by atoms with E-state index in [2.05, 4.69) is 28.9 Å². The Morgan fingerprint density at radius 2 is 2.27 bits per heavy atom. The van der Waals surface area contributed by atoms with Crippen molar-refractivity contribution < 1.29 is 4.79 Å². The van der Waals surface area contributed by atoms with Crippen molar-refractivity contribution in [1.29, 1.82) is 0 Å². The molecule has 0 spiro atoms. The van der Waals surface area contributed by atoms with E-state index in [9.17, 15) is 4.79 Å². The minimum Gasteiger partial charge on any atom is -0.295 e. The molecule has 0 aliphatic heterocycles. The first-order valence-electron chi connectivity index (χ1n) is 5.66. The Morgan fingerprint density at radius 3 is 3.00 bits per heavy atom. The highest BCUT2D eigenvalue weighted by atomic mass is 79.9. The molecule has 15 heavy (non-hydrogen) atoms. The molecule has 0 aromatic carbocycles. The van der Waals surface area contributed by atoms with E-state index in [0.29, 0.717) is 5.78 Å². The van der Waals surface area contributed by atoms with Gasteiger partial charge in [0.25, 0.3) is 0 Å². The van der Waals surface area contributed by atoms with E-state index >= 15 is 0 Å². The molecule has 1 fully saturated rings. The van der Waals surface area contributed by atoms with Gasteiger partial charge in [0.15, 0.2) is 5.78 Å². The summed E-state index contributed by atoms with van der Waals surface area (Å²) in [5, 5.41) is 0.930. The van der Waals surface area contributed by atoms with E-state index in [1.807, 2.05) is 6.08 Å². The minimum absolute atomic E-state index is 0.194. The number of alkyl halides is 1. The number of halogens is 1. The first-order chi connectivity index (χ1) is 7.16. The molecular formula is C13H17BrO. The smallest absolute Gasteiger partial charge is 0.155 e. The van der Waals surface area contributed by atoms with Gasteiger partial charge in [-0.3, -0.25) is 4.79 Å². The van der Waals surface area contributed by atoms with Crippen molar-refractivity contribution >= 4 is 21.7 Å². The van der Waals surface area contributed by atoms with Gasteiger partial charge < -0.3 is 0 Å². The molecule has 1 atom stereocenters. The van der Waals surface area contributed by atoms with E-state index in [0.717, 1.165) is 24.6 Å². The lowest BCUT2D eigenvalue weighted by atomic mass is 9.63. The lowest BCUT2D eigenvalue weighted by molar-refractivity contribution is -0.115. The lowest BCUT2D eigenvalue weighted by Gasteiger charge is -2.41. The zero-order chi connectivity index (χ0) is 10.9. The van der Waals surface area contributed by atoms with Crippen LogP contribution in [0.1, 0.15) is 39.0 Å².